The summed E-state index contributed by atoms with van der Waals surface area (Å²) in [5.41, 5.74) is -0.306. The van der Waals surface area contributed by atoms with Gasteiger partial charge in [-0.1, -0.05) is 13.8 Å². The fourth-order valence-electron chi connectivity index (χ4n) is 0.193. The molecule has 0 saturated carbocycles. The second-order valence-electron chi connectivity index (χ2n) is 3.49. The van der Waals surface area contributed by atoms with Crippen molar-refractivity contribution in [2.45, 2.75) is 13.8 Å². The Kier molecular flexibility index (Phi) is 8.51. The number of aliphatic hydroxyl groups is 2. The second-order valence-corrected chi connectivity index (χ2v) is 3.49. The maximum Gasteiger partial charge on any atom is 0.328 e. The molecule has 88 valence electrons. The Bertz CT molecular complexity index is 209. The normalized spacial score (nSPS) is 10.7. The molecule has 0 aliphatic carbocycles. The van der Waals surface area contributed by atoms with Crippen molar-refractivity contribution in [3.63, 3.8) is 0 Å². The lowest BCUT2D eigenvalue weighted by Crippen LogP contribution is -2.20. The number of rotatable bonds is 4. The molecular weight excluding hydrogens is 204 g/mol. The molecule has 0 heterocycles. The smallest absolute Gasteiger partial charge is 0.328 e. The van der Waals surface area contributed by atoms with Crippen molar-refractivity contribution in [2.24, 2.45) is 5.41 Å². The van der Waals surface area contributed by atoms with Crippen LogP contribution in [0.3, 0.4) is 0 Å². The molecule has 6 heteroatoms. The lowest BCUT2D eigenvalue weighted by atomic mass is 9.97. The quantitative estimate of drug-likeness (QED) is 0.484. The molecule has 0 saturated heterocycles. The molecule has 0 amide bonds. The Hall–Kier alpha value is -1.40. The van der Waals surface area contributed by atoms with Crippen LogP contribution >= 0.6 is 0 Å². The summed E-state index contributed by atoms with van der Waals surface area (Å²) in [5, 5.41) is 32.5. The van der Waals surface area contributed by atoms with Crippen LogP contribution < -0.4 is 0 Å². The highest BCUT2D eigenvalue weighted by molar-refractivity contribution is 5.89. The number of aliphatic carboxylic acids is 2. The van der Waals surface area contributed by atoms with Gasteiger partial charge < -0.3 is 20.4 Å². The molecule has 0 aromatic rings. The van der Waals surface area contributed by atoms with Crippen molar-refractivity contribution in [2.75, 3.05) is 13.2 Å². The monoisotopic (exact) mass is 220 g/mol. The van der Waals surface area contributed by atoms with Crippen molar-refractivity contribution in [3.05, 3.63) is 12.2 Å². The summed E-state index contributed by atoms with van der Waals surface area (Å²) < 4.78 is 0. The molecule has 4 N–H and O–H groups in total. The lowest BCUT2D eigenvalue weighted by molar-refractivity contribution is -0.134. The highest BCUT2D eigenvalue weighted by Gasteiger charge is 2.13. The Morgan fingerprint density at radius 3 is 1.33 bits per heavy atom. The second kappa shape index (κ2) is 7.95. The summed E-state index contributed by atoms with van der Waals surface area (Å²) in [7, 11) is 0. The highest BCUT2D eigenvalue weighted by atomic mass is 16.4. The van der Waals surface area contributed by atoms with Gasteiger partial charge in [-0.3, -0.25) is 0 Å². The van der Waals surface area contributed by atoms with Gasteiger partial charge in [0.15, 0.2) is 0 Å². The summed E-state index contributed by atoms with van der Waals surface area (Å²) in [6, 6.07) is 0. The van der Waals surface area contributed by atoms with Crippen LogP contribution in [0.15, 0.2) is 12.2 Å². The van der Waals surface area contributed by atoms with Gasteiger partial charge in [-0.25, -0.2) is 9.59 Å². The zero-order chi connectivity index (χ0) is 12.5. The van der Waals surface area contributed by atoms with Gasteiger partial charge >= 0.3 is 11.9 Å². The van der Waals surface area contributed by atoms with E-state index in [4.69, 9.17) is 20.4 Å². The van der Waals surface area contributed by atoms with Crippen LogP contribution in [0.2, 0.25) is 0 Å². The Balaban J connectivity index is 0. The molecule has 0 spiro atoms. The minimum absolute atomic E-state index is 0.0451. The van der Waals surface area contributed by atoms with Gasteiger partial charge in [0.2, 0.25) is 0 Å². The fourth-order valence-corrected chi connectivity index (χ4v) is 0.193. The van der Waals surface area contributed by atoms with Gasteiger partial charge in [-0.2, -0.15) is 0 Å². The van der Waals surface area contributed by atoms with Crippen molar-refractivity contribution >= 4 is 11.9 Å². The fraction of sp³-hybridized carbons (Fsp3) is 0.556. The molecule has 0 rings (SSSR count). The van der Waals surface area contributed by atoms with Gasteiger partial charge in [-0.15, -0.1) is 0 Å². The van der Waals surface area contributed by atoms with E-state index in [9.17, 15) is 9.59 Å². The first kappa shape index (κ1) is 16.0. The zero-order valence-electron chi connectivity index (χ0n) is 8.67. The van der Waals surface area contributed by atoms with Gasteiger partial charge in [0.25, 0.3) is 0 Å². The molecule has 15 heavy (non-hydrogen) atoms. The molecule has 6 nitrogen and oxygen atoms in total. The maximum atomic E-state index is 9.55. The standard InChI is InChI=1S/C5H12O2.C4H4O4/c1-5(2,3-6)4-7;5-3(6)1-2-4(7)8/h6-7H,3-4H2,1-2H3;1-2H,(H,5,6)(H,7,8)/b;2-1-. The third kappa shape index (κ3) is 15.4. The summed E-state index contributed by atoms with van der Waals surface area (Å²) in [6.07, 6.45) is 1.12. The average Bonchev–Trinajstić information content (AvgIpc) is 2.16. The van der Waals surface area contributed by atoms with Crippen molar-refractivity contribution in [3.8, 4) is 0 Å². The molecule has 0 aliphatic heterocycles. The van der Waals surface area contributed by atoms with E-state index in [2.05, 4.69) is 0 Å². The summed E-state index contributed by atoms with van der Waals surface area (Å²) >= 11 is 0. The average molecular weight is 220 g/mol. The molecule has 0 aliphatic rings. The molecule has 0 aromatic carbocycles. The van der Waals surface area contributed by atoms with Gasteiger partial charge in [-0.05, 0) is 0 Å². The van der Waals surface area contributed by atoms with Crippen LogP contribution in [0.1, 0.15) is 13.8 Å². The Morgan fingerprint density at radius 2 is 1.27 bits per heavy atom. The molecule has 0 unspecified atom stereocenters. The van der Waals surface area contributed by atoms with E-state index in [-0.39, 0.29) is 18.6 Å². The molecular formula is C9H16O6. The Morgan fingerprint density at radius 1 is 1.00 bits per heavy atom. The SMILES string of the molecule is CC(C)(CO)CO.O=C(O)/C=C\C(=O)O. The minimum atomic E-state index is -1.26. The zero-order valence-corrected chi connectivity index (χ0v) is 8.67. The van der Waals surface area contributed by atoms with E-state index in [1.54, 1.807) is 13.8 Å². The molecule has 0 atom stereocenters. The van der Waals surface area contributed by atoms with E-state index in [1.807, 2.05) is 0 Å². The van der Waals surface area contributed by atoms with Crippen LogP contribution in [-0.4, -0.2) is 45.6 Å². The molecule has 0 aromatic heterocycles. The number of hydrogen-bond acceptors (Lipinski definition) is 4. The van der Waals surface area contributed by atoms with Gasteiger partial charge in [0.1, 0.15) is 0 Å². The first-order valence-corrected chi connectivity index (χ1v) is 4.11. The predicted octanol–water partition coefficient (Wildman–Crippen LogP) is -0.291. The number of carboxylic acid groups (broad SMARTS) is 2. The van der Waals surface area contributed by atoms with Crippen LogP contribution in [0, 0.1) is 5.41 Å². The van der Waals surface area contributed by atoms with E-state index in [1.165, 1.54) is 0 Å². The van der Waals surface area contributed by atoms with Crippen molar-refractivity contribution in [1.29, 1.82) is 0 Å². The minimum Gasteiger partial charge on any atom is -0.478 e. The van der Waals surface area contributed by atoms with Crippen LogP contribution in [-0.2, 0) is 9.59 Å². The predicted molar refractivity (Wildman–Crippen MR) is 52.4 cm³/mol. The third-order valence-corrected chi connectivity index (χ3v) is 1.22. The number of carbonyl (C=O) groups is 2. The summed E-state index contributed by atoms with van der Waals surface area (Å²) in [4.78, 5) is 19.1. The van der Waals surface area contributed by atoms with E-state index in [0.717, 1.165) is 0 Å². The molecule has 0 bridgehead atoms. The van der Waals surface area contributed by atoms with Crippen LogP contribution in [0.5, 0.6) is 0 Å². The highest BCUT2D eigenvalue weighted by Crippen LogP contribution is 2.10. The van der Waals surface area contributed by atoms with E-state index >= 15 is 0 Å². The maximum absolute atomic E-state index is 9.55. The van der Waals surface area contributed by atoms with Gasteiger partial charge in [0.05, 0.1) is 13.2 Å². The van der Waals surface area contributed by atoms with Crippen molar-refractivity contribution in [1.82, 2.24) is 0 Å². The van der Waals surface area contributed by atoms with Gasteiger partial charge in [0, 0.05) is 17.6 Å². The number of hydrogen-bond donors (Lipinski definition) is 4. The largest absolute Gasteiger partial charge is 0.478 e. The Labute approximate surface area is 87.5 Å². The molecule has 0 fully saturated rings. The number of carboxylic acids is 2. The molecule has 0 radical (unpaired) electrons. The summed E-state index contributed by atoms with van der Waals surface area (Å²) in [6.45, 7) is 3.69. The third-order valence-electron chi connectivity index (χ3n) is 1.22. The van der Waals surface area contributed by atoms with Crippen LogP contribution in [0.4, 0.5) is 0 Å². The number of aliphatic hydroxyl groups excluding tert-OH is 2. The van der Waals surface area contributed by atoms with E-state index in [0.29, 0.717) is 12.2 Å². The summed E-state index contributed by atoms with van der Waals surface area (Å²) in [5.74, 6) is -2.51. The first-order chi connectivity index (χ1) is 6.75. The van der Waals surface area contributed by atoms with Crippen molar-refractivity contribution < 1.29 is 30.0 Å². The van der Waals surface area contributed by atoms with E-state index < -0.39 is 11.9 Å². The lowest BCUT2D eigenvalue weighted by Gasteiger charge is -2.16. The first-order valence-electron chi connectivity index (χ1n) is 4.11. The van der Waals surface area contributed by atoms with Crippen LogP contribution in [0.25, 0.3) is 0 Å². The topological polar surface area (TPSA) is 115 Å².